The lowest BCUT2D eigenvalue weighted by Gasteiger charge is -2.31. The van der Waals surface area contributed by atoms with Gasteiger partial charge in [0.2, 0.25) is 0 Å². The second kappa shape index (κ2) is 8.89. The molecule has 0 spiro atoms. The fraction of sp³-hybridized carbons (Fsp3) is 0.381. The van der Waals surface area contributed by atoms with Crippen molar-refractivity contribution >= 4 is 17.5 Å². The molecule has 1 fully saturated rings. The minimum absolute atomic E-state index is 0.0394. The summed E-state index contributed by atoms with van der Waals surface area (Å²) in [6, 6.07) is 9.36. The summed E-state index contributed by atoms with van der Waals surface area (Å²) in [6.07, 6.45) is 3.76. The van der Waals surface area contributed by atoms with E-state index in [2.05, 4.69) is 10.2 Å². The van der Waals surface area contributed by atoms with Crippen LogP contribution < -0.4 is 4.74 Å². The van der Waals surface area contributed by atoms with Crippen molar-refractivity contribution in [1.82, 2.24) is 24.5 Å². The standard InChI is InChI=1S/C21H24ClN5O3/c1-25-13-15(12-23-25)21(28)27-7-9-30-20(14-27)19-11-17(26(2)24-19)6-8-29-18-5-3-4-16(22)10-18/h3-5,10-13,20H,6-9,14H2,1-2H3. The molecule has 0 bridgehead atoms. The molecule has 1 atom stereocenters. The second-order valence-electron chi connectivity index (χ2n) is 7.25. The normalized spacial score (nSPS) is 16.6. The molecule has 8 nitrogen and oxygen atoms in total. The number of aryl methyl sites for hydroxylation is 2. The minimum atomic E-state index is -0.256. The van der Waals surface area contributed by atoms with Gasteiger partial charge in [0.15, 0.2) is 0 Å². The molecule has 1 aliphatic heterocycles. The molecule has 1 unspecified atom stereocenters. The summed E-state index contributed by atoms with van der Waals surface area (Å²) in [4.78, 5) is 14.5. The van der Waals surface area contributed by atoms with Gasteiger partial charge in [-0.2, -0.15) is 10.2 Å². The first-order valence-electron chi connectivity index (χ1n) is 9.80. The molecule has 0 N–H and O–H groups in total. The first-order valence-corrected chi connectivity index (χ1v) is 10.2. The Morgan fingerprint density at radius 1 is 1.33 bits per heavy atom. The van der Waals surface area contributed by atoms with E-state index in [0.717, 1.165) is 17.1 Å². The molecule has 3 aromatic rings. The van der Waals surface area contributed by atoms with Gasteiger partial charge in [-0.25, -0.2) is 0 Å². The van der Waals surface area contributed by atoms with Crippen molar-refractivity contribution in [3.63, 3.8) is 0 Å². The lowest BCUT2D eigenvalue weighted by molar-refractivity contribution is -0.0249. The van der Waals surface area contributed by atoms with Gasteiger partial charge in [-0.1, -0.05) is 17.7 Å². The van der Waals surface area contributed by atoms with Crippen LogP contribution in [0.4, 0.5) is 0 Å². The molecule has 1 aliphatic rings. The van der Waals surface area contributed by atoms with Crippen LogP contribution in [0.2, 0.25) is 5.02 Å². The maximum Gasteiger partial charge on any atom is 0.257 e. The lowest BCUT2D eigenvalue weighted by atomic mass is 10.1. The molecule has 30 heavy (non-hydrogen) atoms. The van der Waals surface area contributed by atoms with Crippen molar-refractivity contribution in [3.8, 4) is 5.75 Å². The molecule has 1 saturated heterocycles. The van der Waals surface area contributed by atoms with E-state index in [1.54, 1.807) is 35.1 Å². The predicted molar refractivity (Wildman–Crippen MR) is 112 cm³/mol. The van der Waals surface area contributed by atoms with Crippen LogP contribution in [0.15, 0.2) is 42.7 Å². The highest BCUT2D eigenvalue weighted by Gasteiger charge is 2.28. The van der Waals surface area contributed by atoms with E-state index in [4.69, 9.17) is 21.1 Å². The van der Waals surface area contributed by atoms with E-state index in [9.17, 15) is 4.79 Å². The van der Waals surface area contributed by atoms with E-state index < -0.39 is 0 Å². The predicted octanol–water partition coefficient (Wildman–Crippen LogP) is 2.64. The molecular formula is C21H24ClN5O3. The monoisotopic (exact) mass is 429 g/mol. The fourth-order valence-corrected chi connectivity index (χ4v) is 3.66. The van der Waals surface area contributed by atoms with Crippen molar-refractivity contribution < 1.29 is 14.3 Å². The van der Waals surface area contributed by atoms with Crippen molar-refractivity contribution in [3.05, 3.63) is 64.7 Å². The Kier molecular flexibility index (Phi) is 6.06. The quantitative estimate of drug-likeness (QED) is 0.602. The van der Waals surface area contributed by atoms with E-state index in [-0.39, 0.29) is 12.0 Å². The Bertz CT molecular complexity index is 1030. The molecule has 1 amide bonds. The third kappa shape index (κ3) is 4.66. The molecule has 3 heterocycles. The Hall–Kier alpha value is -2.84. The minimum Gasteiger partial charge on any atom is -0.493 e. The van der Waals surface area contributed by atoms with Crippen molar-refractivity contribution in [2.45, 2.75) is 12.5 Å². The number of carbonyl (C=O) groups excluding carboxylic acids is 1. The third-order valence-electron chi connectivity index (χ3n) is 5.05. The SMILES string of the molecule is Cn1cc(C(=O)N2CCOC(c3cc(CCOc4cccc(Cl)c4)n(C)n3)C2)cn1. The number of nitrogens with zero attached hydrogens (tertiary/aromatic N) is 5. The maximum absolute atomic E-state index is 12.7. The van der Waals surface area contributed by atoms with E-state index in [0.29, 0.717) is 43.3 Å². The number of hydrogen-bond donors (Lipinski definition) is 0. The average molecular weight is 430 g/mol. The van der Waals surface area contributed by atoms with Crippen LogP contribution in [0.3, 0.4) is 0 Å². The molecule has 0 saturated carbocycles. The van der Waals surface area contributed by atoms with Gasteiger partial charge in [0.05, 0.1) is 37.2 Å². The Labute approximate surface area is 179 Å². The summed E-state index contributed by atoms with van der Waals surface area (Å²) in [6.45, 7) is 2.00. The summed E-state index contributed by atoms with van der Waals surface area (Å²) in [5.41, 5.74) is 2.43. The number of carbonyl (C=O) groups is 1. The average Bonchev–Trinajstić information content (AvgIpc) is 3.33. The number of ether oxygens (including phenoxy) is 2. The molecule has 0 aliphatic carbocycles. The van der Waals surface area contributed by atoms with Crippen LogP contribution in [-0.2, 0) is 25.3 Å². The van der Waals surface area contributed by atoms with E-state index >= 15 is 0 Å². The molecule has 1 aromatic carbocycles. The zero-order valence-corrected chi connectivity index (χ0v) is 17.7. The zero-order chi connectivity index (χ0) is 21.1. The van der Waals surface area contributed by atoms with Gasteiger partial charge in [-0.05, 0) is 24.3 Å². The highest BCUT2D eigenvalue weighted by Crippen LogP contribution is 2.23. The highest BCUT2D eigenvalue weighted by molar-refractivity contribution is 6.30. The van der Waals surface area contributed by atoms with Gasteiger partial charge in [-0.15, -0.1) is 0 Å². The van der Waals surface area contributed by atoms with Crippen molar-refractivity contribution in [1.29, 1.82) is 0 Å². The highest BCUT2D eigenvalue weighted by atomic mass is 35.5. The molecule has 9 heteroatoms. The summed E-state index contributed by atoms with van der Waals surface area (Å²) < 4.78 is 15.1. The lowest BCUT2D eigenvalue weighted by Crippen LogP contribution is -2.42. The van der Waals surface area contributed by atoms with Gasteiger partial charge in [0.1, 0.15) is 11.9 Å². The van der Waals surface area contributed by atoms with Crippen LogP contribution in [0, 0.1) is 0 Å². The smallest absolute Gasteiger partial charge is 0.257 e. The third-order valence-corrected chi connectivity index (χ3v) is 5.29. The van der Waals surface area contributed by atoms with Crippen LogP contribution in [-0.4, -0.2) is 56.7 Å². The van der Waals surface area contributed by atoms with E-state index in [1.807, 2.05) is 36.0 Å². The summed E-state index contributed by atoms with van der Waals surface area (Å²) in [5.74, 6) is 0.701. The first-order chi connectivity index (χ1) is 14.5. The van der Waals surface area contributed by atoms with Crippen LogP contribution >= 0.6 is 11.6 Å². The number of halogens is 1. The van der Waals surface area contributed by atoms with Gasteiger partial charge in [0.25, 0.3) is 5.91 Å². The summed E-state index contributed by atoms with van der Waals surface area (Å²) >= 11 is 5.99. The topological polar surface area (TPSA) is 74.4 Å². The maximum atomic E-state index is 12.7. The van der Waals surface area contributed by atoms with Gasteiger partial charge in [0, 0.05) is 44.0 Å². The summed E-state index contributed by atoms with van der Waals surface area (Å²) in [7, 11) is 3.70. The van der Waals surface area contributed by atoms with Gasteiger partial charge >= 0.3 is 0 Å². The van der Waals surface area contributed by atoms with Gasteiger partial charge < -0.3 is 14.4 Å². The van der Waals surface area contributed by atoms with Crippen molar-refractivity contribution in [2.75, 3.05) is 26.3 Å². The van der Waals surface area contributed by atoms with Gasteiger partial charge in [-0.3, -0.25) is 14.2 Å². The molecule has 0 radical (unpaired) electrons. The number of morpholine rings is 1. The number of rotatable bonds is 6. The largest absolute Gasteiger partial charge is 0.493 e. The van der Waals surface area contributed by atoms with Crippen LogP contribution in [0.5, 0.6) is 5.75 Å². The number of aromatic nitrogens is 4. The molecule has 158 valence electrons. The zero-order valence-electron chi connectivity index (χ0n) is 17.0. The van der Waals surface area contributed by atoms with Crippen LogP contribution in [0.25, 0.3) is 0 Å². The molecule has 4 rings (SSSR count). The summed E-state index contributed by atoms with van der Waals surface area (Å²) in [5, 5.41) is 9.34. The Balaban J connectivity index is 1.37. The van der Waals surface area contributed by atoms with Crippen molar-refractivity contribution in [2.24, 2.45) is 14.1 Å². The number of hydrogen-bond acceptors (Lipinski definition) is 5. The number of amides is 1. The van der Waals surface area contributed by atoms with E-state index in [1.165, 1.54) is 0 Å². The molecular weight excluding hydrogens is 406 g/mol. The Morgan fingerprint density at radius 3 is 2.97 bits per heavy atom. The van der Waals surface area contributed by atoms with Crippen LogP contribution in [0.1, 0.15) is 27.8 Å². The second-order valence-corrected chi connectivity index (χ2v) is 7.69. The first kappa shape index (κ1) is 20.4. The fourth-order valence-electron chi connectivity index (χ4n) is 3.48. The Morgan fingerprint density at radius 2 is 2.20 bits per heavy atom. The number of benzene rings is 1. The molecule has 2 aromatic heterocycles.